The van der Waals surface area contributed by atoms with E-state index in [9.17, 15) is 9.59 Å². The van der Waals surface area contributed by atoms with Crippen LogP contribution >= 0.6 is 0 Å². The summed E-state index contributed by atoms with van der Waals surface area (Å²) in [5, 5.41) is 3.05. The highest BCUT2D eigenvalue weighted by Gasteiger charge is 2.43. The molecule has 126 valence electrons. The number of hydrogen-bond donors (Lipinski definition) is 1. The maximum atomic E-state index is 11.8. The number of carbonyl (C=O) groups is 2. The Morgan fingerprint density at radius 1 is 1.41 bits per heavy atom. The minimum atomic E-state index is -1.94. The minimum absolute atomic E-state index is 0.00833. The van der Waals surface area contributed by atoms with Crippen molar-refractivity contribution in [2.75, 3.05) is 6.61 Å². The van der Waals surface area contributed by atoms with E-state index in [-0.39, 0.29) is 35.7 Å². The topological polar surface area (TPSA) is 64.6 Å². The van der Waals surface area contributed by atoms with Crippen molar-refractivity contribution in [2.45, 2.75) is 70.8 Å². The molecular formula is C16H29NO4Si. The van der Waals surface area contributed by atoms with Crippen LogP contribution in [0.25, 0.3) is 0 Å². The molecular weight excluding hydrogens is 298 g/mol. The summed E-state index contributed by atoms with van der Waals surface area (Å²) in [5.74, 6) is -0.320. The Kier molecular flexibility index (Phi) is 5.98. The number of carbonyl (C=O) groups excluding carboxylic acids is 2. The van der Waals surface area contributed by atoms with Gasteiger partial charge >= 0.3 is 5.97 Å². The van der Waals surface area contributed by atoms with Gasteiger partial charge in [-0.25, -0.2) is 0 Å². The first kappa shape index (κ1) is 18.9. The summed E-state index contributed by atoms with van der Waals surface area (Å²) in [6, 6.07) is -0.0929. The van der Waals surface area contributed by atoms with Gasteiger partial charge < -0.3 is 14.5 Å². The fourth-order valence-corrected chi connectivity index (χ4v) is 3.48. The Balaban J connectivity index is 2.67. The van der Waals surface area contributed by atoms with Crippen LogP contribution in [0.1, 0.15) is 40.5 Å². The van der Waals surface area contributed by atoms with E-state index in [1.165, 1.54) is 6.92 Å². The summed E-state index contributed by atoms with van der Waals surface area (Å²) in [4.78, 5) is 22.6. The molecule has 1 amide bonds. The summed E-state index contributed by atoms with van der Waals surface area (Å²) < 4.78 is 11.3. The van der Waals surface area contributed by atoms with Crippen LogP contribution in [0, 0.1) is 0 Å². The van der Waals surface area contributed by atoms with Gasteiger partial charge in [0.1, 0.15) is 6.61 Å². The normalized spacial score (nSPS) is 22.4. The number of hydrogen-bond acceptors (Lipinski definition) is 4. The second-order valence-corrected chi connectivity index (χ2v) is 12.3. The molecule has 0 aromatic carbocycles. The third-order valence-electron chi connectivity index (χ3n) is 4.42. The van der Waals surface area contributed by atoms with Gasteiger partial charge in [0, 0.05) is 6.92 Å². The van der Waals surface area contributed by atoms with Crippen LogP contribution < -0.4 is 5.32 Å². The van der Waals surface area contributed by atoms with Crippen molar-refractivity contribution in [3.05, 3.63) is 12.2 Å². The monoisotopic (exact) mass is 327 g/mol. The van der Waals surface area contributed by atoms with Gasteiger partial charge in [0.25, 0.3) is 0 Å². The standard InChI is InChI=1S/C16H29NO4Si/c1-11(10-20-12(2)18)8-13-14(9-15(19)17-13)21-22(6,7)16(3,4)5/h13-14H,1,8-10H2,2-7H3,(H,17,19)/t13-,14-/m1/s1. The molecule has 5 nitrogen and oxygen atoms in total. The zero-order chi connectivity index (χ0) is 17.1. The van der Waals surface area contributed by atoms with Gasteiger partial charge in [-0.05, 0) is 30.1 Å². The van der Waals surface area contributed by atoms with Gasteiger partial charge in [0.2, 0.25) is 5.91 Å². The van der Waals surface area contributed by atoms with Crippen LogP contribution in [0.2, 0.25) is 18.1 Å². The van der Waals surface area contributed by atoms with Gasteiger partial charge in [-0.3, -0.25) is 9.59 Å². The molecule has 0 aliphatic carbocycles. The van der Waals surface area contributed by atoms with Crippen LogP contribution in [0.5, 0.6) is 0 Å². The third kappa shape index (κ3) is 5.25. The van der Waals surface area contributed by atoms with Crippen molar-refractivity contribution in [3.8, 4) is 0 Å². The van der Waals surface area contributed by atoms with Crippen LogP contribution in [0.4, 0.5) is 0 Å². The summed E-state index contributed by atoms with van der Waals surface area (Å²) in [6.07, 6.45) is 0.818. The number of rotatable bonds is 6. The maximum absolute atomic E-state index is 11.8. The Morgan fingerprint density at radius 3 is 2.50 bits per heavy atom. The van der Waals surface area contributed by atoms with Crippen LogP contribution in [0.15, 0.2) is 12.2 Å². The molecule has 6 heteroatoms. The molecule has 0 bridgehead atoms. The Morgan fingerprint density at radius 2 is 2.00 bits per heavy atom. The highest BCUT2D eigenvalue weighted by atomic mass is 28.4. The largest absolute Gasteiger partial charge is 0.461 e. The van der Waals surface area contributed by atoms with Crippen molar-refractivity contribution in [1.82, 2.24) is 5.32 Å². The molecule has 1 aliphatic heterocycles. The molecule has 1 heterocycles. The summed E-state index contributed by atoms with van der Waals surface area (Å²) in [5.41, 5.74) is 0.784. The van der Waals surface area contributed by atoms with Gasteiger partial charge in [-0.1, -0.05) is 27.4 Å². The summed E-state index contributed by atoms with van der Waals surface area (Å²) in [6.45, 7) is 16.4. The molecule has 1 N–H and O–H groups in total. The average Bonchev–Trinajstić information content (AvgIpc) is 2.64. The van der Waals surface area contributed by atoms with Crippen molar-refractivity contribution in [3.63, 3.8) is 0 Å². The van der Waals surface area contributed by atoms with Crippen LogP contribution in [0.3, 0.4) is 0 Å². The molecule has 1 aliphatic rings. The average molecular weight is 327 g/mol. The van der Waals surface area contributed by atoms with E-state index in [0.29, 0.717) is 12.8 Å². The Hall–Kier alpha value is -1.14. The van der Waals surface area contributed by atoms with Crippen molar-refractivity contribution < 1.29 is 18.8 Å². The van der Waals surface area contributed by atoms with Crippen LogP contribution in [-0.4, -0.2) is 38.9 Å². The van der Waals surface area contributed by atoms with E-state index in [4.69, 9.17) is 9.16 Å². The Bertz CT molecular complexity index is 454. The first-order valence-corrected chi connectivity index (χ1v) is 10.6. The molecule has 1 fully saturated rings. The van der Waals surface area contributed by atoms with Crippen molar-refractivity contribution in [1.29, 1.82) is 0 Å². The SMILES string of the molecule is C=C(COC(C)=O)C[C@H]1NC(=O)C[C@H]1O[Si](C)(C)C(C)(C)C. The molecule has 2 atom stereocenters. The molecule has 0 aromatic rings. The fourth-order valence-electron chi connectivity index (χ4n) is 2.12. The first-order valence-electron chi connectivity index (χ1n) is 7.69. The lowest BCUT2D eigenvalue weighted by Crippen LogP contribution is -2.47. The number of esters is 1. The van der Waals surface area contributed by atoms with Gasteiger partial charge in [-0.2, -0.15) is 0 Å². The second kappa shape index (κ2) is 6.96. The number of amides is 1. The quantitative estimate of drug-likeness (QED) is 0.463. The maximum Gasteiger partial charge on any atom is 0.302 e. The third-order valence-corrected chi connectivity index (χ3v) is 8.93. The summed E-state index contributed by atoms with van der Waals surface area (Å²) >= 11 is 0. The summed E-state index contributed by atoms with van der Waals surface area (Å²) in [7, 11) is -1.94. The Labute approximate surface area is 134 Å². The zero-order valence-electron chi connectivity index (χ0n) is 14.6. The van der Waals surface area contributed by atoms with Gasteiger partial charge in [0.05, 0.1) is 18.6 Å². The molecule has 22 heavy (non-hydrogen) atoms. The fraction of sp³-hybridized carbons (Fsp3) is 0.750. The highest BCUT2D eigenvalue weighted by Crippen LogP contribution is 2.38. The van der Waals surface area contributed by atoms with Crippen molar-refractivity contribution in [2.24, 2.45) is 0 Å². The van der Waals surface area contributed by atoms with E-state index in [2.05, 4.69) is 45.8 Å². The number of nitrogens with one attached hydrogen (secondary N) is 1. The lowest BCUT2D eigenvalue weighted by atomic mass is 10.0. The first-order chi connectivity index (χ1) is 9.92. The lowest BCUT2D eigenvalue weighted by molar-refractivity contribution is -0.140. The molecule has 1 rings (SSSR count). The molecule has 0 saturated carbocycles. The number of ether oxygens (including phenoxy) is 1. The molecule has 0 spiro atoms. The van der Waals surface area contributed by atoms with Crippen molar-refractivity contribution >= 4 is 20.2 Å². The van der Waals surface area contributed by atoms with E-state index in [1.54, 1.807) is 0 Å². The molecule has 0 aromatic heterocycles. The molecule has 1 saturated heterocycles. The van der Waals surface area contributed by atoms with Gasteiger partial charge in [-0.15, -0.1) is 0 Å². The molecule has 0 radical (unpaired) electrons. The predicted octanol–water partition coefficient (Wildman–Crippen LogP) is 2.77. The minimum Gasteiger partial charge on any atom is -0.461 e. The molecule has 0 unspecified atom stereocenters. The van der Waals surface area contributed by atoms with Gasteiger partial charge in [0.15, 0.2) is 8.32 Å². The van der Waals surface area contributed by atoms with E-state index >= 15 is 0 Å². The van der Waals surface area contributed by atoms with E-state index in [0.717, 1.165) is 5.57 Å². The zero-order valence-corrected chi connectivity index (χ0v) is 15.6. The smallest absolute Gasteiger partial charge is 0.302 e. The lowest BCUT2D eigenvalue weighted by Gasteiger charge is -2.39. The predicted molar refractivity (Wildman–Crippen MR) is 89.0 cm³/mol. The second-order valence-electron chi connectivity index (χ2n) is 7.53. The van der Waals surface area contributed by atoms with Crippen LogP contribution in [-0.2, 0) is 18.8 Å². The highest BCUT2D eigenvalue weighted by molar-refractivity contribution is 6.74. The van der Waals surface area contributed by atoms with E-state index < -0.39 is 8.32 Å². The van der Waals surface area contributed by atoms with E-state index in [1.807, 2.05) is 0 Å².